The number of nitrogens with one attached hydrogen (secondary N) is 3. The van der Waals surface area contributed by atoms with Crippen LogP contribution in [0.25, 0.3) is 28.0 Å². The highest BCUT2D eigenvalue weighted by atomic mass is 16.2. The van der Waals surface area contributed by atoms with Crippen LogP contribution in [0.15, 0.2) is 82.6 Å². The van der Waals surface area contributed by atoms with Gasteiger partial charge < -0.3 is 10.3 Å². The van der Waals surface area contributed by atoms with E-state index in [0.29, 0.717) is 28.3 Å². The molecule has 3 N–H and O–H groups in total. The first-order valence-corrected chi connectivity index (χ1v) is 10.0. The first kappa shape index (κ1) is 20.1. The minimum Gasteiger partial charge on any atom is -0.345 e. The van der Waals surface area contributed by atoms with Crippen LogP contribution < -0.4 is 16.6 Å². The van der Waals surface area contributed by atoms with Crippen molar-refractivity contribution in [1.82, 2.24) is 35.0 Å². The van der Waals surface area contributed by atoms with Crippen LogP contribution in [0.2, 0.25) is 0 Å². The molecule has 0 aliphatic heterocycles. The van der Waals surface area contributed by atoms with Crippen LogP contribution in [0.1, 0.15) is 16.2 Å². The Kier molecular flexibility index (Phi) is 5.07. The molecular formula is C23H17N7O3. The van der Waals surface area contributed by atoms with Crippen molar-refractivity contribution in [3.63, 3.8) is 0 Å². The maximum absolute atomic E-state index is 12.9. The van der Waals surface area contributed by atoms with Crippen LogP contribution in [-0.4, -0.2) is 35.6 Å². The largest absolute Gasteiger partial charge is 0.345 e. The summed E-state index contributed by atoms with van der Waals surface area (Å²) in [6, 6.07) is 16.8. The molecule has 162 valence electrons. The van der Waals surface area contributed by atoms with Gasteiger partial charge in [0.1, 0.15) is 5.82 Å². The van der Waals surface area contributed by atoms with E-state index >= 15 is 0 Å². The molecule has 0 saturated carbocycles. The summed E-state index contributed by atoms with van der Waals surface area (Å²) in [4.78, 5) is 49.1. The predicted molar refractivity (Wildman–Crippen MR) is 121 cm³/mol. The van der Waals surface area contributed by atoms with E-state index in [1.807, 2.05) is 6.07 Å². The molecule has 0 spiro atoms. The smallest absolute Gasteiger partial charge is 0.333 e. The Balaban J connectivity index is 1.37. The zero-order chi connectivity index (χ0) is 22.8. The van der Waals surface area contributed by atoms with Gasteiger partial charge in [-0.15, -0.1) is 0 Å². The second-order valence-corrected chi connectivity index (χ2v) is 7.20. The molecule has 0 radical (unpaired) electrons. The second kappa shape index (κ2) is 8.35. The monoisotopic (exact) mass is 439 g/mol. The summed E-state index contributed by atoms with van der Waals surface area (Å²) in [5.41, 5.74) is 0.749. The molecule has 0 aliphatic rings. The standard InChI is InChI=1S/C23H17N7O3/c31-21(25-13-19-27-20(29-28-19)15-5-4-10-24-12-15)14-8-9-17-18(11-14)26-23(33)30(22(17)32)16-6-2-1-3-7-16/h1-12H,13H2,(H,25,31)(H,26,33)(H,27,28,29). The van der Waals surface area contributed by atoms with Crippen molar-refractivity contribution < 1.29 is 4.79 Å². The number of amides is 1. The Morgan fingerprint density at radius 1 is 1.03 bits per heavy atom. The number of nitrogens with zero attached hydrogens (tertiary/aromatic N) is 4. The highest BCUT2D eigenvalue weighted by molar-refractivity contribution is 5.97. The number of benzene rings is 2. The lowest BCUT2D eigenvalue weighted by Gasteiger charge is -2.08. The Morgan fingerprint density at radius 2 is 1.88 bits per heavy atom. The van der Waals surface area contributed by atoms with E-state index in [1.165, 1.54) is 18.2 Å². The van der Waals surface area contributed by atoms with Crippen LogP contribution in [0.4, 0.5) is 0 Å². The molecule has 33 heavy (non-hydrogen) atoms. The number of aromatic nitrogens is 6. The molecule has 5 aromatic rings. The fourth-order valence-corrected chi connectivity index (χ4v) is 3.44. The van der Waals surface area contributed by atoms with Gasteiger partial charge in [-0.25, -0.2) is 14.3 Å². The lowest BCUT2D eigenvalue weighted by atomic mass is 10.1. The summed E-state index contributed by atoms with van der Waals surface area (Å²) in [6.07, 6.45) is 3.30. The lowest BCUT2D eigenvalue weighted by Crippen LogP contribution is -2.33. The third kappa shape index (κ3) is 3.92. The van der Waals surface area contributed by atoms with Crippen LogP contribution in [0, 0.1) is 0 Å². The molecule has 5 rings (SSSR count). The van der Waals surface area contributed by atoms with Gasteiger partial charge in [-0.3, -0.25) is 19.7 Å². The third-order valence-corrected chi connectivity index (χ3v) is 5.04. The van der Waals surface area contributed by atoms with Gasteiger partial charge in [0.25, 0.3) is 11.5 Å². The lowest BCUT2D eigenvalue weighted by molar-refractivity contribution is 0.0950. The molecule has 10 nitrogen and oxygen atoms in total. The summed E-state index contributed by atoms with van der Waals surface area (Å²) in [5, 5.41) is 9.95. The molecule has 0 unspecified atom stereocenters. The zero-order valence-electron chi connectivity index (χ0n) is 17.1. The first-order valence-electron chi connectivity index (χ1n) is 10.0. The van der Waals surface area contributed by atoms with Crippen molar-refractivity contribution in [2.45, 2.75) is 6.54 Å². The Hall–Kier alpha value is -4.86. The van der Waals surface area contributed by atoms with Gasteiger partial charge in [0.05, 0.1) is 23.1 Å². The van der Waals surface area contributed by atoms with E-state index in [9.17, 15) is 14.4 Å². The minimum atomic E-state index is -0.583. The average molecular weight is 439 g/mol. The number of carbonyl (C=O) groups excluding carboxylic acids is 1. The predicted octanol–water partition coefficient (Wildman–Crippen LogP) is 1.79. The van der Waals surface area contributed by atoms with Crippen LogP contribution in [0.5, 0.6) is 0 Å². The summed E-state index contributed by atoms with van der Waals surface area (Å²) < 4.78 is 1.06. The number of H-pyrrole nitrogens is 2. The number of aromatic amines is 2. The van der Waals surface area contributed by atoms with Crippen LogP contribution in [-0.2, 0) is 6.54 Å². The van der Waals surface area contributed by atoms with E-state index in [2.05, 4.69) is 30.5 Å². The number of rotatable bonds is 5. The third-order valence-electron chi connectivity index (χ3n) is 5.04. The number of pyridine rings is 1. The summed E-state index contributed by atoms with van der Waals surface area (Å²) in [7, 11) is 0. The molecule has 0 aliphatic carbocycles. The van der Waals surface area contributed by atoms with Crippen molar-refractivity contribution >= 4 is 16.8 Å². The Bertz CT molecular complexity index is 1570. The zero-order valence-corrected chi connectivity index (χ0v) is 17.1. The minimum absolute atomic E-state index is 0.121. The molecule has 1 amide bonds. The topological polar surface area (TPSA) is 138 Å². The average Bonchev–Trinajstić information content (AvgIpc) is 3.32. The van der Waals surface area contributed by atoms with Crippen molar-refractivity contribution in [1.29, 1.82) is 0 Å². The second-order valence-electron chi connectivity index (χ2n) is 7.20. The van der Waals surface area contributed by atoms with Crippen LogP contribution >= 0.6 is 0 Å². The molecule has 2 aromatic carbocycles. The van der Waals surface area contributed by atoms with E-state index in [1.54, 1.807) is 48.8 Å². The SMILES string of the molecule is O=C(NCc1nc(-c2cccnc2)n[nH]1)c1ccc2c(=O)n(-c3ccccc3)c(=O)[nH]c2c1. The summed E-state index contributed by atoms with van der Waals surface area (Å²) in [5.74, 6) is 0.566. The normalized spacial score (nSPS) is 10.9. The van der Waals surface area contributed by atoms with E-state index in [-0.39, 0.29) is 18.0 Å². The number of carbonyl (C=O) groups is 1. The molecule has 0 bridgehead atoms. The summed E-state index contributed by atoms with van der Waals surface area (Å²) in [6.45, 7) is 0.121. The summed E-state index contributed by atoms with van der Waals surface area (Å²) >= 11 is 0. The molecule has 3 aromatic heterocycles. The molecule has 0 atom stereocenters. The van der Waals surface area contributed by atoms with Gasteiger partial charge in [0.2, 0.25) is 0 Å². The molecule has 10 heteroatoms. The number of hydrogen-bond acceptors (Lipinski definition) is 6. The van der Waals surface area contributed by atoms with Crippen molar-refractivity contribution in [3.05, 3.63) is 105 Å². The van der Waals surface area contributed by atoms with Crippen molar-refractivity contribution in [3.8, 4) is 17.1 Å². The fraction of sp³-hybridized carbons (Fsp3) is 0.0435. The first-order chi connectivity index (χ1) is 16.1. The van der Waals surface area contributed by atoms with E-state index < -0.39 is 11.2 Å². The quantitative estimate of drug-likeness (QED) is 0.382. The van der Waals surface area contributed by atoms with Gasteiger partial charge in [-0.05, 0) is 42.5 Å². The van der Waals surface area contributed by atoms with E-state index in [4.69, 9.17) is 0 Å². The Labute approximate surface area is 186 Å². The van der Waals surface area contributed by atoms with Crippen molar-refractivity contribution in [2.24, 2.45) is 0 Å². The van der Waals surface area contributed by atoms with Crippen molar-refractivity contribution in [2.75, 3.05) is 0 Å². The highest BCUT2D eigenvalue weighted by Gasteiger charge is 2.13. The van der Waals surface area contributed by atoms with Gasteiger partial charge in [-0.2, -0.15) is 5.10 Å². The maximum atomic E-state index is 12.9. The highest BCUT2D eigenvalue weighted by Crippen LogP contribution is 2.13. The van der Waals surface area contributed by atoms with E-state index in [0.717, 1.165) is 10.1 Å². The van der Waals surface area contributed by atoms with Crippen LogP contribution in [0.3, 0.4) is 0 Å². The molecular weight excluding hydrogens is 422 g/mol. The molecule has 3 heterocycles. The molecule has 0 fully saturated rings. The van der Waals surface area contributed by atoms with Gasteiger partial charge in [0.15, 0.2) is 5.82 Å². The maximum Gasteiger partial charge on any atom is 0.333 e. The fourth-order valence-electron chi connectivity index (χ4n) is 3.44. The Morgan fingerprint density at radius 3 is 2.67 bits per heavy atom. The number of fused-ring (bicyclic) bond motifs is 1. The van der Waals surface area contributed by atoms with Gasteiger partial charge in [-0.1, -0.05) is 18.2 Å². The number of para-hydroxylation sites is 1. The number of hydrogen-bond donors (Lipinski definition) is 3. The van der Waals surface area contributed by atoms with Gasteiger partial charge in [0, 0.05) is 23.5 Å². The molecule has 0 saturated heterocycles. The van der Waals surface area contributed by atoms with Gasteiger partial charge >= 0.3 is 5.69 Å².